The predicted molar refractivity (Wildman–Crippen MR) is 91.4 cm³/mol. The average Bonchev–Trinajstić information content (AvgIpc) is 2.50. The van der Waals surface area contributed by atoms with Gasteiger partial charge in [0.25, 0.3) is 0 Å². The van der Waals surface area contributed by atoms with Crippen molar-refractivity contribution >= 4 is 0 Å². The fraction of sp³-hybridized carbons (Fsp3) is 0.647. The van der Waals surface area contributed by atoms with Crippen LogP contribution in [0.25, 0.3) is 0 Å². The quantitative estimate of drug-likeness (QED) is 0.303. The zero-order valence-corrected chi connectivity index (χ0v) is 14.2. The zero-order chi connectivity index (χ0) is 18.4. The third kappa shape index (κ3) is 4.44. The Morgan fingerprint density at radius 3 is 1.29 bits per heavy atom. The highest BCUT2D eigenvalue weighted by Crippen LogP contribution is 2.41. The largest absolute Gasteiger partial charge is 0.507 e. The highest BCUT2D eigenvalue weighted by Gasteiger charge is 2.35. The summed E-state index contributed by atoms with van der Waals surface area (Å²) >= 11 is 0. The lowest BCUT2D eigenvalue weighted by Gasteiger charge is -2.35. The van der Waals surface area contributed by atoms with Gasteiger partial charge in [0.1, 0.15) is 5.75 Å². The summed E-state index contributed by atoms with van der Waals surface area (Å²) in [4.78, 5) is 0. The van der Waals surface area contributed by atoms with E-state index in [1.807, 2.05) is 6.92 Å². The Morgan fingerprint density at radius 1 is 0.750 bits per heavy atom. The van der Waals surface area contributed by atoms with Crippen molar-refractivity contribution in [2.75, 3.05) is 26.4 Å². The van der Waals surface area contributed by atoms with Crippen LogP contribution in [-0.2, 0) is 11.1 Å². The molecule has 138 valence electrons. The van der Waals surface area contributed by atoms with Crippen molar-refractivity contribution in [3.05, 3.63) is 28.8 Å². The summed E-state index contributed by atoms with van der Waals surface area (Å²) in [6, 6.07) is 3.42. The Morgan fingerprint density at radius 2 is 1.04 bits per heavy atom. The van der Waals surface area contributed by atoms with E-state index in [2.05, 4.69) is 0 Å². The molecule has 1 aromatic rings. The summed E-state index contributed by atoms with van der Waals surface area (Å²) in [6.45, 7) is 1.05. The first-order chi connectivity index (χ1) is 11.3. The molecule has 0 unspecified atom stereocenters. The first-order valence-electron chi connectivity index (χ1n) is 8.13. The van der Waals surface area contributed by atoms with Gasteiger partial charge in [-0.15, -0.1) is 0 Å². The van der Waals surface area contributed by atoms with Crippen molar-refractivity contribution in [1.82, 2.24) is 0 Å². The zero-order valence-electron chi connectivity index (χ0n) is 14.2. The van der Waals surface area contributed by atoms with Crippen LogP contribution in [0.1, 0.15) is 42.4 Å². The summed E-state index contributed by atoms with van der Waals surface area (Å²) in [7, 11) is 0. The Labute approximate surface area is 142 Å². The van der Waals surface area contributed by atoms with Gasteiger partial charge in [0.15, 0.2) is 0 Å². The maximum Gasteiger partial charge on any atom is 0.125 e. The van der Waals surface area contributed by atoms with Crippen molar-refractivity contribution in [3.63, 3.8) is 0 Å². The molecule has 9 N–H and O–H groups in total. The molecule has 0 amide bonds. The van der Waals surface area contributed by atoms with Crippen molar-refractivity contribution in [1.29, 1.82) is 0 Å². The lowest BCUT2D eigenvalue weighted by molar-refractivity contribution is 0.185. The number of phenols is 1. The van der Waals surface area contributed by atoms with E-state index >= 15 is 0 Å². The van der Waals surface area contributed by atoms with Gasteiger partial charge in [0.2, 0.25) is 0 Å². The monoisotopic (exact) mass is 342 g/mol. The molecule has 0 saturated carbocycles. The number of benzene rings is 1. The molecule has 1 rings (SSSR count). The van der Waals surface area contributed by atoms with Crippen molar-refractivity contribution in [2.24, 2.45) is 11.5 Å². The Balaban J connectivity index is 3.53. The smallest absolute Gasteiger partial charge is 0.125 e. The van der Waals surface area contributed by atoms with Crippen LogP contribution in [0.2, 0.25) is 0 Å². The molecule has 0 atom stereocenters. The van der Waals surface area contributed by atoms with Gasteiger partial charge in [-0.1, -0.05) is 17.7 Å². The van der Waals surface area contributed by atoms with Gasteiger partial charge in [0.05, 0.1) is 0 Å². The third-order valence-corrected chi connectivity index (χ3v) is 4.56. The molecule has 0 fully saturated rings. The summed E-state index contributed by atoms with van der Waals surface area (Å²) in [5, 5.41) is 48.1. The predicted octanol–water partition coefficient (Wildman–Crippen LogP) is -0.462. The van der Waals surface area contributed by atoms with Crippen LogP contribution in [0.4, 0.5) is 0 Å². The van der Waals surface area contributed by atoms with Crippen molar-refractivity contribution in [3.8, 4) is 5.75 Å². The maximum absolute atomic E-state index is 10.8. The summed E-state index contributed by atoms with van der Waals surface area (Å²) in [5.41, 5.74) is 12.1. The maximum atomic E-state index is 10.8. The minimum Gasteiger partial charge on any atom is -0.507 e. The van der Waals surface area contributed by atoms with E-state index in [0.717, 1.165) is 5.56 Å². The van der Waals surface area contributed by atoms with Crippen LogP contribution >= 0.6 is 0 Å². The molecule has 0 radical (unpaired) electrons. The molecular weight excluding hydrogens is 312 g/mol. The molecule has 7 nitrogen and oxygen atoms in total. The third-order valence-electron chi connectivity index (χ3n) is 4.56. The van der Waals surface area contributed by atoms with E-state index in [9.17, 15) is 25.5 Å². The molecule has 0 aliphatic heterocycles. The van der Waals surface area contributed by atoms with E-state index in [-0.39, 0.29) is 57.9 Å². The summed E-state index contributed by atoms with van der Waals surface area (Å²) < 4.78 is 0. The normalized spacial score (nSPS) is 12.6. The molecule has 0 bridgehead atoms. The highest BCUT2D eigenvalue weighted by molar-refractivity contribution is 5.50. The molecule has 0 aromatic heterocycles. The van der Waals surface area contributed by atoms with Crippen molar-refractivity contribution < 1.29 is 25.5 Å². The fourth-order valence-electron chi connectivity index (χ4n) is 3.12. The topological polar surface area (TPSA) is 153 Å². The van der Waals surface area contributed by atoms with Gasteiger partial charge >= 0.3 is 0 Å². The van der Waals surface area contributed by atoms with Crippen molar-refractivity contribution in [2.45, 2.75) is 43.7 Å². The Kier molecular flexibility index (Phi) is 7.59. The Bertz CT molecular complexity index is 481. The van der Waals surface area contributed by atoms with Crippen LogP contribution in [0.3, 0.4) is 0 Å². The molecular formula is C17H30N2O5. The first-order valence-corrected chi connectivity index (χ1v) is 8.13. The molecule has 0 saturated heterocycles. The van der Waals surface area contributed by atoms with Gasteiger partial charge in [0, 0.05) is 48.6 Å². The lowest BCUT2D eigenvalue weighted by atomic mass is 9.77. The molecule has 7 heteroatoms. The number of aliphatic hydroxyl groups is 4. The van der Waals surface area contributed by atoms with E-state index in [1.165, 1.54) is 0 Å². The minimum atomic E-state index is -1.10. The number of nitrogens with two attached hydrogens (primary N) is 2. The standard InChI is InChI=1S/C17H30N2O5/c1-12-10-13(16(18,2-6-20)3-7-21)15(24)14(11-12)17(19,4-8-22)5-9-23/h10-11,20-24H,2-9,18-19H2,1H3. The van der Waals surface area contributed by atoms with Gasteiger partial charge in [-0.05, 0) is 32.6 Å². The summed E-state index contributed by atoms with van der Waals surface area (Å²) in [5.74, 6) is -0.116. The number of phenolic OH excluding ortho intramolecular Hbond substituents is 1. The second-order valence-corrected chi connectivity index (χ2v) is 6.42. The first kappa shape index (κ1) is 20.8. The van der Waals surface area contributed by atoms with Crippen LogP contribution in [0, 0.1) is 6.92 Å². The highest BCUT2D eigenvalue weighted by atomic mass is 16.3. The van der Waals surface area contributed by atoms with Gasteiger partial charge in [-0.2, -0.15) is 0 Å². The fourth-order valence-corrected chi connectivity index (χ4v) is 3.12. The number of hydrogen-bond acceptors (Lipinski definition) is 7. The molecule has 0 aliphatic carbocycles. The number of aryl methyl sites for hydroxylation is 1. The van der Waals surface area contributed by atoms with Crippen LogP contribution < -0.4 is 11.5 Å². The summed E-state index contributed by atoms with van der Waals surface area (Å²) in [6.07, 6.45) is 0.673. The van der Waals surface area contributed by atoms with E-state index in [4.69, 9.17) is 11.5 Å². The van der Waals surface area contributed by atoms with E-state index < -0.39 is 11.1 Å². The minimum absolute atomic E-state index is 0.116. The van der Waals surface area contributed by atoms with Crippen LogP contribution in [0.15, 0.2) is 12.1 Å². The van der Waals surface area contributed by atoms with E-state index in [0.29, 0.717) is 11.1 Å². The van der Waals surface area contributed by atoms with Crippen LogP contribution in [-0.4, -0.2) is 52.0 Å². The number of aliphatic hydroxyl groups excluding tert-OH is 4. The number of rotatable bonds is 10. The Hall–Kier alpha value is -1.22. The SMILES string of the molecule is Cc1cc(C(N)(CCO)CCO)c(O)c(C(N)(CCO)CCO)c1. The average molecular weight is 342 g/mol. The van der Waals surface area contributed by atoms with Gasteiger partial charge in [-0.25, -0.2) is 0 Å². The van der Waals surface area contributed by atoms with E-state index in [1.54, 1.807) is 12.1 Å². The molecule has 0 heterocycles. The molecule has 0 spiro atoms. The number of aromatic hydroxyl groups is 1. The molecule has 1 aromatic carbocycles. The van der Waals surface area contributed by atoms with Gasteiger partial charge in [-0.3, -0.25) is 0 Å². The molecule has 0 aliphatic rings. The lowest BCUT2D eigenvalue weighted by Crippen LogP contribution is -2.41. The second kappa shape index (κ2) is 8.75. The molecule has 24 heavy (non-hydrogen) atoms. The van der Waals surface area contributed by atoms with Crippen LogP contribution in [0.5, 0.6) is 5.75 Å². The van der Waals surface area contributed by atoms with Gasteiger partial charge < -0.3 is 37.0 Å². The second-order valence-electron chi connectivity index (χ2n) is 6.42. The number of hydrogen-bond donors (Lipinski definition) is 7.